The summed E-state index contributed by atoms with van der Waals surface area (Å²) in [6, 6.07) is 3.32. The van der Waals surface area contributed by atoms with Crippen molar-refractivity contribution in [1.82, 2.24) is 0 Å². The van der Waals surface area contributed by atoms with Crippen LogP contribution in [0.15, 0.2) is 12.1 Å². The Hall–Kier alpha value is -1.88. The molecule has 1 heterocycles. The number of rotatable bonds is 3. The van der Waals surface area contributed by atoms with Crippen LogP contribution in [0.5, 0.6) is 0 Å². The maximum absolute atomic E-state index is 12.3. The molecule has 2 atom stereocenters. The van der Waals surface area contributed by atoms with Crippen molar-refractivity contribution in [3.8, 4) is 0 Å². The van der Waals surface area contributed by atoms with E-state index in [2.05, 4.69) is 5.32 Å². The van der Waals surface area contributed by atoms with E-state index in [1.54, 1.807) is 13.0 Å². The van der Waals surface area contributed by atoms with Gasteiger partial charge in [0.1, 0.15) is 0 Å². The quantitative estimate of drug-likeness (QED) is 0.898. The Morgan fingerprint density at radius 3 is 2.62 bits per heavy atom. The van der Waals surface area contributed by atoms with Crippen LogP contribution in [0.1, 0.15) is 41.3 Å². The Morgan fingerprint density at radius 1 is 1.29 bits per heavy atom. The molecule has 0 radical (unpaired) electrons. The summed E-state index contributed by atoms with van der Waals surface area (Å²) in [4.78, 5) is 23.5. The molecule has 2 rings (SSSR count). The fourth-order valence-electron chi connectivity index (χ4n) is 2.69. The van der Waals surface area contributed by atoms with Gasteiger partial charge in [-0.1, -0.05) is 6.07 Å². The number of aryl methyl sites for hydroxylation is 2. The molecule has 114 valence electrons. The van der Waals surface area contributed by atoms with Crippen LogP contribution in [0, 0.1) is 19.8 Å². The number of benzene rings is 1. The number of hydrogen-bond donors (Lipinski definition) is 2. The van der Waals surface area contributed by atoms with Gasteiger partial charge in [-0.25, -0.2) is 4.79 Å². The number of nitrogens with one attached hydrogen (secondary N) is 1. The monoisotopic (exact) mass is 291 g/mol. The Kier molecular flexibility index (Phi) is 4.63. The predicted octanol–water partition coefficient (Wildman–Crippen LogP) is 2.76. The Bertz CT molecular complexity index is 568. The van der Waals surface area contributed by atoms with Gasteiger partial charge in [-0.15, -0.1) is 0 Å². The Labute approximate surface area is 124 Å². The lowest BCUT2D eigenvalue weighted by atomic mass is 9.95. The third-order valence-corrected chi connectivity index (χ3v) is 3.92. The number of carbonyl (C=O) groups is 2. The van der Waals surface area contributed by atoms with Crippen molar-refractivity contribution < 1.29 is 19.4 Å². The highest BCUT2D eigenvalue weighted by atomic mass is 16.5. The van der Waals surface area contributed by atoms with Gasteiger partial charge in [-0.3, -0.25) is 4.79 Å². The first-order valence-corrected chi connectivity index (χ1v) is 7.15. The zero-order valence-electron chi connectivity index (χ0n) is 12.6. The minimum absolute atomic E-state index is 0.0616. The number of carbonyl (C=O) groups excluding carboxylic acids is 1. The third-order valence-electron chi connectivity index (χ3n) is 3.92. The lowest BCUT2D eigenvalue weighted by Crippen LogP contribution is -2.32. The molecule has 1 amide bonds. The van der Waals surface area contributed by atoms with Gasteiger partial charge in [0.25, 0.3) is 0 Å². The summed E-state index contributed by atoms with van der Waals surface area (Å²) in [6.07, 6.45) is 1.48. The molecule has 1 aromatic carbocycles. The average Bonchev–Trinajstić information content (AvgIpc) is 2.41. The SMILES string of the molecule is Cc1cc(C)c(C(=O)O)cc1NC(=O)[C@@H]1CCO[C@H](C)C1. The number of hydrogen-bond acceptors (Lipinski definition) is 3. The topological polar surface area (TPSA) is 75.6 Å². The number of carboxylic acids is 1. The first-order chi connectivity index (χ1) is 9.88. The van der Waals surface area contributed by atoms with Crippen molar-refractivity contribution in [3.63, 3.8) is 0 Å². The van der Waals surface area contributed by atoms with Gasteiger partial charge in [0.15, 0.2) is 0 Å². The maximum atomic E-state index is 12.3. The molecule has 0 saturated carbocycles. The van der Waals surface area contributed by atoms with E-state index in [0.29, 0.717) is 30.7 Å². The fourth-order valence-corrected chi connectivity index (χ4v) is 2.69. The van der Waals surface area contributed by atoms with Crippen LogP contribution in [-0.4, -0.2) is 29.7 Å². The van der Waals surface area contributed by atoms with Gasteiger partial charge in [0.05, 0.1) is 11.7 Å². The van der Waals surface area contributed by atoms with E-state index in [9.17, 15) is 9.59 Å². The number of carboxylic acid groups (broad SMARTS) is 1. The third kappa shape index (κ3) is 3.61. The van der Waals surface area contributed by atoms with Crippen LogP contribution in [0.25, 0.3) is 0 Å². The minimum atomic E-state index is -0.984. The minimum Gasteiger partial charge on any atom is -0.478 e. The largest absolute Gasteiger partial charge is 0.478 e. The molecular formula is C16H21NO4. The molecule has 1 aromatic rings. The number of anilines is 1. The van der Waals surface area contributed by atoms with Gasteiger partial charge in [0, 0.05) is 18.2 Å². The molecule has 1 saturated heterocycles. The second-order valence-corrected chi connectivity index (χ2v) is 5.68. The van der Waals surface area contributed by atoms with Crippen LogP contribution in [0.2, 0.25) is 0 Å². The number of amides is 1. The van der Waals surface area contributed by atoms with E-state index in [0.717, 1.165) is 5.56 Å². The van der Waals surface area contributed by atoms with Crippen molar-refractivity contribution in [2.75, 3.05) is 11.9 Å². The molecule has 0 unspecified atom stereocenters. The average molecular weight is 291 g/mol. The van der Waals surface area contributed by atoms with Crippen molar-refractivity contribution >= 4 is 17.6 Å². The summed E-state index contributed by atoms with van der Waals surface area (Å²) in [7, 11) is 0. The predicted molar refractivity (Wildman–Crippen MR) is 79.6 cm³/mol. The van der Waals surface area contributed by atoms with Crippen molar-refractivity contribution in [2.45, 2.75) is 39.7 Å². The summed E-state index contributed by atoms with van der Waals surface area (Å²) in [6.45, 7) is 6.16. The van der Waals surface area contributed by atoms with Crippen LogP contribution in [-0.2, 0) is 9.53 Å². The lowest BCUT2D eigenvalue weighted by Gasteiger charge is -2.26. The molecule has 5 heteroatoms. The molecule has 0 aromatic heterocycles. The molecular weight excluding hydrogens is 270 g/mol. The van der Waals surface area contributed by atoms with E-state index in [-0.39, 0.29) is 23.5 Å². The second-order valence-electron chi connectivity index (χ2n) is 5.68. The fraction of sp³-hybridized carbons (Fsp3) is 0.500. The number of aromatic carboxylic acids is 1. The van der Waals surface area contributed by atoms with Gasteiger partial charge in [0.2, 0.25) is 5.91 Å². The molecule has 1 aliphatic rings. The molecule has 21 heavy (non-hydrogen) atoms. The van der Waals surface area contributed by atoms with Crippen LogP contribution >= 0.6 is 0 Å². The van der Waals surface area contributed by atoms with E-state index in [4.69, 9.17) is 9.84 Å². The van der Waals surface area contributed by atoms with Crippen LogP contribution < -0.4 is 5.32 Å². The molecule has 5 nitrogen and oxygen atoms in total. The summed E-state index contributed by atoms with van der Waals surface area (Å²) in [5.41, 5.74) is 2.35. The maximum Gasteiger partial charge on any atom is 0.336 e. The standard InChI is InChI=1S/C16H21NO4/c1-9-6-10(2)14(8-13(9)16(19)20)17-15(18)12-4-5-21-11(3)7-12/h6,8,11-12H,4-5,7H2,1-3H3,(H,17,18)(H,19,20)/t11-,12-/m1/s1. The first-order valence-electron chi connectivity index (χ1n) is 7.15. The van der Waals surface area contributed by atoms with Gasteiger partial charge in [-0.2, -0.15) is 0 Å². The highest BCUT2D eigenvalue weighted by Gasteiger charge is 2.26. The van der Waals surface area contributed by atoms with Crippen LogP contribution in [0.3, 0.4) is 0 Å². The highest BCUT2D eigenvalue weighted by Crippen LogP contribution is 2.25. The first kappa shape index (κ1) is 15.5. The zero-order chi connectivity index (χ0) is 15.6. The molecule has 0 bridgehead atoms. The summed E-state index contributed by atoms with van der Waals surface area (Å²) in [5.74, 6) is -1.13. The van der Waals surface area contributed by atoms with E-state index in [1.807, 2.05) is 13.8 Å². The number of ether oxygens (including phenoxy) is 1. The van der Waals surface area contributed by atoms with Crippen molar-refractivity contribution in [1.29, 1.82) is 0 Å². The normalized spacial score (nSPS) is 21.9. The summed E-state index contributed by atoms with van der Waals surface area (Å²) in [5, 5.41) is 12.0. The Balaban J connectivity index is 2.17. The zero-order valence-corrected chi connectivity index (χ0v) is 12.6. The highest BCUT2D eigenvalue weighted by molar-refractivity contribution is 5.96. The van der Waals surface area contributed by atoms with E-state index < -0.39 is 5.97 Å². The molecule has 0 spiro atoms. The molecule has 0 aliphatic carbocycles. The van der Waals surface area contributed by atoms with Gasteiger partial charge in [-0.05, 0) is 50.8 Å². The molecule has 1 aliphatic heterocycles. The van der Waals surface area contributed by atoms with Gasteiger partial charge >= 0.3 is 5.97 Å². The molecule has 1 fully saturated rings. The Morgan fingerprint density at radius 2 is 2.00 bits per heavy atom. The van der Waals surface area contributed by atoms with Crippen molar-refractivity contribution in [3.05, 3.63) is 28.8 Å². The van der Waals surface area contributed by atoms with Gasteiger partial charge < -0.3 is 15.2 Å². The van der Waals surface area contributed by atoms with E-state index >= 15 is 0 Å². The second kappa shape index (κ2) is 6.26. The summed E-state index contributed by atoms with van der Waals surface area (Å²) < 4.78 is 5.44. The summed E-state index contributed by atoms with van der Waals surface area (Å²) >= 11 is 0. The van der Waals surface area contributed by atoms with E-state index in [1.165, 1.54) is 6.07 Å². The smallest absolute Gasteiger partial charge is 0.336 e. The van der Waals surface area contributed by atoms with Crippen LogP contribution in [0.4, 0.5) is 5.69 Å². The lowest BCUT2D eigenvalue weighted by molar-refractivity contribution is -0.124. The molecule has 2 N–H and O–H groups in total. The van der Waals surface area contributed by atoms with Crippen molar-refractivity contribution in [2.24, 2.45) is 5.92 Å².